The molecule has 0 spiro atoms. The Bertz CT molecular complexity index is 1310. The molecule has 0 aromatic heterocycles. The molecule has 35 heavy (non-hydrogen) atoms. The van der Waals surface area contributed by atoms with Gasteiger partial charge in [0.15, 0.2) is 0 Å². The number of benzene rings is 3. The highest BCUT2D eigenvalue weighted by Crippen LogP contribution is 2.75. The minimum absolute atomic E-state index is 0.102. The monoisotopic (exact) mass is 491 g/mol. The van der Waals surface area contributed by atoms with Gasteiger partial charge in [-0.15, -0.1) is 0 Å². The number of aliphatic carboxylic acids is 1. The number of hydrogen-bond acceptors (Lipinski definition) is 3. The first-order valence-electron chi connectivity index (χ1n) is 11.6. The molecule has 3 aromatic carbocycles. The predicted molar refractivity (Wildman–Crippen MR) is 129 cm³/mol. The van der Waals surface area contributed by atoms with Gasteiger partial charge in [0.2, 0.25) is 0 Å². The lowest BCUT2D eigenvalue weighted by atomic mass is 9.31. The summed E-state index contributed by atoms with van der Waals surface area (Å²) in [5.74, 6) is -1.59. The fraction of sp³-hybridized carbons (Fsp3) is 0.286. The molecule has 4 aliphatic rings. The normalized spacial score (nSPS) is 24.4. The molecule has 0 saturated heterocycles. The van der Waals surface area contributed by atoms with Crippen LogP contribution in [0, 0.1) is 11.2 Å². The van der Waals surface area contributed by atoms with Crippen molar-refractivity contribution >= 4 is 23.7 Å². The molecule has 7 rings (SSSR count). The zero-order chi connectivity index (χ0) is 24.4. The van der Waals surface area contributed by atoms with Crippen LogP contribution in [0.3, 0.4) is 0 Å². The molecule has 4 aliphatic carbocycles. The summed E-state index contributed by atoms with van der Waals surface area (Å²) in [5, 5.41) is 12.9. The van der Waals surface area contributed by atoms with E-state index in [2.05, 4.69) is 17.4 Å². The summed E-state index contributed by atoms with van der Waals surface area (Å²) in [6, 6.07) is 19.3. The first kappa shape index (κ1) is 22.1. The topological polar surface area (TPSA) is 75.6 Å². The third-order valence-electron chi connectivity index (χ3n) is 8.04. The van der Waals surface area contributed by atoms with Crippen molar-refractivity contribution in [3.8, 4) is 11.1 Å². The van der Waals surface area contributed by atoms with Crippen LogP contribution in [-0.4, -0.2) is 29.8 Å². The molecule has 0 radical (unpaired) electrons. The van der Waals surface area contributed by atoms with Gasteiger partial charge in [0.1, 0.15) is 18.5 Å². The molecule has 2 N–H and O–H groups in total. The van der Waals surface area contributed by atoms with Crippen LogP contribution in [0.2, 0.25) is 5.02 Å². The smallest absolute Gasteiger partial charge is 0.407 e. The number of carboxylic acids is 1. The number of halogens is 2. The fourth-order valence-electron chi connectivity index (χ4n) is 6.61. The third kappa shape index (κ3) is 3.34. The highest BCUT2D eigenvalue weighted by Gasteiger charge is 2.73. The van der Waals surface area contributed by atoms with Gasteiger partial charge < -0.3 is 15.2 Å². The number of amides is 1. The average molecular weight is 492 g/mol. The molecule has 178 valence electrons. The van der Waals surface area contributed by atoms with Crippen molar-refractivity contribution in [3.05, 3.63) is 94.3 Å². The summed E-state index contributed by atoms with van der Waals surface area (Å²) in [6.07, 6.45) is 0.988. The van der Waals surface area contributed by atoms with Crippen LogP contribution in [0.25, 0.3) is 11.1 Å². The Balaban J connectivity index is 1.13. The summed E-state index contributed by atoms with van der Waals surface area (Å²) in [5.41, 5.74) is 4.48. The number of nitrogens with one attached hydrogen (secondary N) is 1. The molecule has 0 heterocycles. The first-order valence-corrected chi connectivity index (χ1v) is 12.0. The number of carbonyl (C=O) groups excluding carboxylic acids is 1. The van der Waals surface area contributed by atoms with E-state index in [1.807, 2.05) is 36.4 Å². The molecule has 2 bridgehead atoms. The zero-order valence-electron chi connectivity index (χ0n) is 18.8. The Labute approximate surface area is 206 Å². The Kier molecular flexibility index (Phi) is 4.94. The maximum absolute atomic E-state index is 13.4. The van der Waals surface area contributed by atoms with Gasteiger partial charge in [0.25, 0.3) is 0 Å². The van der Waals surface area contributed by atoms with E-state index in [0.717, 1.165) is 27.8 Å². The molecule has 3 fully saturated rings. The maximum atomic E-state index is 13.4. The molecule has 1 atom stereocenters. The minimum Gasteiger partial charge on any atom is -0.480 e. The number of alkyl carbamates (subject to hydrolysis) is 1. The Morgan fingerprint density at radius 3 is 2.20 bits per heavy atom. The average Bonchev–Trinajstić information content (AvgIpc) is 3.10. The number of carboxylic acid groups (broad SMARTS) is 1. The molecule has 1 unspecified atom stereocenters. The van der Waals surface area contributed by atoms with E-state index >= 15 is 0 Å². The Morgan fingerprint density at radius 2 is 1.63 bits per heavy atom. The molecular formula is C28H23ClFNO4. The van der Waals surface area contributed by atoms with E-state index < -0.39 is 29.3 Å². The minimum atomic E-state index is -1.09. The van der Waals surface area contributed by atoms with Crippen molar-refractivity contribution in [2.75, 3.05) is 6.61 Å². The van der Waals surface area contributed by atoms with E-state index in [1.165, 1.54) is 12.1 Å². The van der Waals surface area contributed by atoms with Crippen molar-refractivity contribution in [1.29, 1.82) is 0 Å². The summed E-state index contributed by atoms with van der Waals surface area (Å²) in [4.78, 5) is 24.8. The number of fused-ring (bicyclic) bond motifs is 3. The van der Waals surface area contributed by atoms with Gasteiger partial charge in [-0.2, -0.15) is 0 Å². The lowest BCUT2D eigenvalue weighted by Crippen LogP contribution is -2.73. The second-order valence-corrected chi connectivity index (χ2v) is 10.4. The van der Waals surface area contributed by atoms with Crippen molar-refractivity contribution in [1.82, 2.24) is 5.32 Å². The van der Waals surface area contributed by atoms with E-state index in [0.29, 0.717) is 24.3 Å². The summed E-state index contributed by atoms with van der Waals surface area (Å²) in [6.45, 7) is 0.119. The SMILES string of the molecule is O=C(NC(C(=O)O)C12CC(c3ccc(F)cc3Cl)(C1)C2)OCC1c2ccccc2-c2ccccc21. The predicted octanol–water partition coefficient (Wildman–Crippen LogP) is 5.89. The lowest BCUT2D eigenvalue weighted by molar-refractivity contribution is -0.183. The Morgan fingerprint density at radius 1 is 1.03 bits per heavy atom. The van der Waals surface area contributed by atoms with Crippen LogP contribution in [0.1, 0.15) is 41.9 Å². The molecule has 7 heteroatoms. The molecule has 3 saturated carbocycles. The maximum Gasteiger partial charge on any atom is 0.407 e. The second-order valence-electron chi connectivity index (χ2n) is 10.0. The van der Waals surface area contributed by atoms with Crippen LogP contribution < -0.4 is 5.32 Å². The van der Waals surface area contributed by atoms with E-state index in [4.69, 9.17) is 16.3 Å². The number of ether oxygens (including phenoxy) is 1. The summed E-state index contributed by atoms with van der Waals surface area (Å²) < 4.78 is 19.0. The number of hydrogen-bond donors (Lipinski definition) is 2. The standard InChI is InChI=1S/C28H23ClFNO4/c29-23-11-16(30)9-10-22(23)27-13-28(14-27,15-27)24(25(32)33)31-26(34)35-12-21-19-7-3-1-5-17(19)18-6-2-4-8-20(18)21/h1-11,21,24H,12-15H2,(H,31,34)(H,32,33). The van der Waals surface area contributed by atoms with Gasteiger partial charge in [-0.3, -0.25) is 0 Å². The highest BCUT2D eigenvalue weighted by atomic mass is 35.5. The molecule has 3 aromatic rings. The fourth-order valence-corrected chi connectivity index (χ4v) is 6.98. The quantitative estimate of drug-likeness (QED) is 0.450. The number of rotatable bonds is 6. The lowest BCUT2D eigenvalue weighted by Gasteiger charge is -2.72. The van der Waals surface area contributed by atoms with Crippen molar-refractivity contribution in [2.24, 2.45) is 5.41 Å². The third-order valence-corrected chi connectivity index (χ3v) is 8.35. The van der Waals surface area contributed by atoms with Gasteiger partial charge in [-0.05, 0) is 64.6 Å². The van der Waals surface area contributed by atoms with Crippen LogP contribution in [0.15, 0.2) is 66.7 Å². The van der Waals surface area contributed by atoms with Crippen molar-refractivity contribution in [2.45, 2.75) is 36.6 Å². The van der Waals surface area contributed by atoms with Gasteiger partial charge in [-0.25, -0.2) is 14.0 Å². The molecule has 1 amide bonds. The van der Waals surface area contributed by atoms with Crippen molar-refractivity contribution < 1.29 is 23.8 Å². The van der Waals surface area contributed by atoms with Gasteiger partial charge in [0.05, 0.1) is 0 Å². The largest absolute Gasteiger partial charge is 0.480 e. The van der Waals surface area contributed by atoms with Crippen LogP contribution in [-0.2, 0) is 14.9 Å². The molecular weight excluding hydrogens is 469 g/mol. The first-order chi connectivity index (χ1) is 16.8. The van der Waals surface area contributed by atoms with E-state index in [1.54, 1.807) is 6.07 Å². The highest BCUT2D eigenvalue weighted by molar-refractivity contribution is 6.31. The van der Waals surface area contributed by atoms with E-state index in [-0.39, 0.29) is 17.9 Å². The van der Waals surface area contributed by atoms with Crippen LogP contribution in [0.4, 0.5) is 9.18 Å². The summed E-state index contributed by atoms with van der Waals surface area (Å²) in [7, 11) is 0. The van der Waals surface area contributed by atoms with Gasteiger partial charge >= 0.3 is 12.1 Å². The molecule has 0 aliphatic heterocycles. The molecule has 5 nitrogen and oxygen atoms in total. The Hall–Kier alpha value is -3.38. The van der Waals surface area contributed by atoms with Crippen LogP contribution in [0.5, 0.6) is 0 Å². The second kappa shape index (κ2) is 7.82. The van der Waals surface area contributed by atoms with Crippen molar-refractivity contribution in [3.63, 3.8) is 0 Å². The number of carbonyl (C=O) groups is 2. The van der Waals surface area contributed by atoms with E-state index in [9.17, 15) is 19.1 Å². The summed E-state index contributed by atoms with van der Waals surface area (Å²) >= 11 is 6.25. The zero-order valence-corrected chi connectivity index (χ0v) is 19.5. The van der Waals surface area contributed by atoms with Gasteiger partial charge in [-0.1, -0.05) is 66.2 Å². The van der Waals surface area contributed by atoms with Gasteiger partial charge in [0, 0.05) is 16.4 Å². The van der Waals surface area contributed by atoms with Crippen LogP contribution >= 0.6 is 11.6 Å².